The molecule has 3 N–H and O–H groups in total. The van der Waals surface area contributed by atoms with E-state index < -0.39 is 6.36 Å². The highest BCUT2D eigenvalue weighted by molar-refractivity contribution is 5.69. The molecule has 3 rings (SSSR count). The number of hydrogen-bond acceptors (Lipinski definition) is 7. The molecule has 2 heterocycles. The molecule has 1 aromatic carbocycles. The molecule has 0 unspecified atom stereocenters. The third-order valence-electron chi connectivity index (χ3n) is 3.73. The molecule has 1 atom stereocenters. The lowest BCUT2D eigenvalue weighted by Crippen LogP contribution is -2.21. The molecule has 0 saturated heterocycles. The second-order valence-corrected chi connectivity index (χ2v) is 6.09. The van der Waals surface area contributed by atoms with Crippen LogP contribution < -0.4 is 15.4 Å². The molecule has 0 radical (unpaired) electrons. The molecule has 152 valence electrons. The maximum atomic E-state index is 12.7. The Morgan fingerprint density at radius 3 is 2.52 bits per heavy atom. The number of pyridine rings is 1. The van der Waals surface area contributed by atoms with Crippen molar-refractivity contribution in [3.63, 3.8) is 0 Å². The average molecular weight is 405 g/mol. The van der Waals surface area contributed by atoms with Gasteiger partial charge in [0.15, 0.2) is 5.75 Å². The lowest BCUT2D eigenvalue weighted by atomic mass is 10.2. The predicted octanol–water partition coefficient (Wildman–Crippen LogP) is 3.97. The van der Waals surface area contributed by atoms with E-state index in [2.05, 4.69) is 30.3 Å². The standard InChI is InChI=1S/C19H18F3N5O2/c1-12(11-28)24-18-26-15(13-6-8-23-9-7-13)10-17(27-18)25-14-4-2-3-5-16(14)29-19(20,21)22/h2-10,12,28H,11H2,1H3,(H2,24,25,26,27)/t12-/m0/s1. The lowest BCUT2D eigenvalue weighted by Gasteiger charge is -2.16. The molecule has 3 aromatic rings. The van der Waals surface area contributed by atoms with Gasteiger partial charge in [0, 0.05) is 30.1 Å². The first-order valence-corrected chi connectivity index (χ1v) is 8.63. The van der Waals surface area contributed by atoms with Gasteiger partial charge in [-0.2, -0.15) is 4.98 Å². The lowest BCUT2D eigenvalue weighted by molar-refractivity contribution is -0.274. The Labute approximate surface area is 164 Å². The first kappa shape index (κ1) is 20.3. The van der Waals surface area contributed by atoms with Gasteiger partial charge in [0.2, 0.25) is 5.95 Å². The summed E-state index contributed by atoms with van der Waals surface area (Å²) >= 11 is 0. The number of benzene rings is 1. The van der Waals surface area contributed by atoms with Gasteiger partial charge in [-0.3, -0.25) is 4.98 Å². The highest BCUT2D eigenvalue weighted by atomic mass is 19.4. The topological polar surface area (TPSA) is 92.2 Å². The molecule has 7 nitrogen and oxygen atoms in total. The SMILES string of the molecule is C[C@@H](CO)Nc1nc(Nc2ccccc2OC(F)(F)F)cc(-c2ccncc2)n1. The molecule has 0 aliphatic heterocycles. The van der Waals surface area contributed by atoms with Gasteiger partial charge in [-0.15, -0.1) is 13.2 Å². The quantitative estimate of drug-likeness (QED) is 0.548. The number of nitrogens with one attached hydrogen (secondary N) is 2. The van der Waals surface area contributed by atoms with Crippen LogP contribution in [0.4, 0.5) is 30.6 Å². The summed E-state index contributed by atoms with van der Waals surface area (Å²) in [4.78, 5) is 12.6. The maximum Gasteiger partial charge on any atom is 0.573 e. The Morgan fingerprint density at radius 1 is 1.10 bits per heavy atom. The van der Waals surface area contributed by atoms with Crippen molar-refractivity contribution in [1.82, 2.24) is 15.0 Å². The Bertz CT molecular complexity index is 954. The summed E-state index contributed by atoms with van der Waals surface area (Å²) in [6, 6.07) is 10.4. The van der Waals surface area contributed by atoms with Crippen molar-refractivity contribution in [3.8, 4) is 17.0 Å². The minimum absolute atomic E-state index is 0.0883. The van der Waals surface area contributed by atoms with E-state index >= 15 is 0 Å². The number of aliphatic hydroxyl groups is 1. The Hall–Kier alpha value is -3.40. The van der Waals surface area contributed by atoms with Crippen LogP contribution in [-0.4, -0.2) is 39.1 Å². The van der Waals surface area contributed by atoms with Crippen LogP contribution in [0.1, 0.15) is 6.92 Å². The van der Waals surface area contributed by atoms with Crippen LogP contribution in [-0.2, 0) is 0 Å². The molecule has 2 aromatic heterocycles. The summed E-state index contributed by atoms with van der Waals surface area (Å²) in [6.07, 6.45) is -1.63. The molecule has 0 bridgehead atoms. The molecule has 0 amide bonds. The molecule has 0 spiro atoms. The van der Waals surface area contributed by atoms with E-state index in [0.29, 0.717) is 5.69 Å². The zero-order valence-corrected chi connectivity index (χ0v) is 15.3. The highest BCUT2D eigenvalue weighted by Crippen LogP contribution is 2.32. The molecular formula is C19H18F3N5O2. The first-order chi connectivity index (χ1) is 13.8. The van der Waals surface area contributed by atoms with Gasteiger partial charge in [0.05, 0.1) is 18.0 Å². The van der Waals surface area contributed by atoms with Gasteiger partial charge < -0.3 is 20.5 Å². The Balaban J connectivity index is 1.98. The summed E-state index contributed by atoms with van der Waals surface area (Å²) in [5.74, 6) is 0.0672. The molecule has 0 fully saturated rings. The van der Waals surface area contributed by atoms with Crippen LogP contribution in [0.25, 0.3) is 11.3 Å². The van der Waals surface area contributed by atoms with E-state index in [1.807, 2.05) is 0 Å². The summed E-state index contributed by atoms with van der Waals surface area (Å²) < 4.78 is 42.1. The van der Waals surface area contributed by atoms with Crippen molar-refractivity contribution in [2.24, 2.45) is 0 Å². The average Bonchev–Trinajstić information content (AvgIpc) is 2.69. The number of para-hydroxylation sites is 2. The van der Waals surface area contributed by atoms with E-state index in [1.54, 1.807) is 43.6 Å². The zero-order chi connectivity index (χ0) is 20.9. The van der Waals surface area contributed by atoms with Gasteiger partial charge in [0.1, 0.15) is 5.82 Å². The minimum atomic E-state index is -4.82. The molecular weight excluding hydrogens is 387 g/mol. The van der Waals surface area contributed by atoms with E-state index in [4.69, 9.17) is 0 Å². The smallest absolute Gasteiger partial charge is 0.404 e. The number of anilines is 3. The molecule has 0 saturated carbocycles. The van der Waals surface area contributed by atoms with Gasteiger partial charge in [-0.1, -0.05) is 12.1 Å². The van der Waals surface area contributed by atoms with Gasteiger partial charge in [0.25, 0.3) is 0 Å². The number of aliphatic hydroxyl groups excluding tert-OH is 1. The first-order valence-electron chi connectivity index (χ1n) is 8.63. The Kier molecular flexibility index (Phi) is 6.13. The summed E-state index contributed by atoms with van der Waals surface area (Å²) in [5, 5.41) is 15.1. The summed E-state index contributed by atoms with van der Waals surface area (Å²) in [5.41, 5.74) is 1.35. The molecule has 10 heteroatoms. The third kappa shape index (κ3) is 5.79. The second kappa shape index (κ2) is 8.74. The van der Waals surface area contributed by atoms with Crippen molar-refractivity contribution >= 4 is 17.5 Å². The van der Waals surface area contributed by atoms with Crippen molar-refractivity contribution < 1.29 is 23.0 Å². The summed E-state index contributed by atoms with van der Waals surface area (Å²) in [6.45, 7) is 1.59. The number of aromatic nitrogens is 3. The van der Waals surface area contributed by atoms with Gasteiger partial charge in [-0.05, 0) is 31.2 Å². The number of ether oxygens (including phenoxy) is 1. The largest absolute Gasteiger partial charge is 0.573 e. The minimum Gasteiger partial charge on any atom is -0.404 e. The number of nitrogens with zero attached hydrogens (tertiary/aromatic N) is 3. The highest BCUT2D eigenvalue weighted by Gasteiger charge is 2.32. The Morgan fingerprint density at radius 2 is 1.83 bits per heavy atom. The monoisotopic (exact) mass is 405 g/mol. The van der Waals surface area contributed by atoms with Crippen LogP contribution in [0.2, 0.25) is 0 Å². The number of hydrogen-bond donors (Lipinski definition) is 3. The summed E-state index contributed by atoms with van der Waals surface area (Å²) in [7, 11) is 0. The predicted molar refractivity (Wildman–Crippen MR) is 102 cm³/mol. The number of alkyl halides is 3. The van der Waals surface area contributed by atoms with E-state index in [9.17, 15) is 18.3 Å². The van der Waals surface area contributed by atoms with Crippen molar-refractivity contribution in [2.75, 3.05) is 17.2 Å². The van der Waals surface area contributed by atoms with Gasteiger partial charge >= 0.3 is 6.36 Å². The van der Waals surface area contributed by atoms with Crippen molar-refractivity contribution in [1.29, 1.82) is 0 Å². The van der Waals surface area contributed by atoms with Crippen molar-refractivity contribution in [2.45, 2.75) is 19.3 Å². The van der Waals surface area contributed by atoms with E-state index in [0.717, 1.165) is 5.56 Å². The fourth-order valence-electron chi connectivity index (χ4n) is 2.43. The fourth-order valence-corrected chi connectivity index (χ4v) is 2.43. The number of rotatable bonds is 7. The zero-order valence-electron chi connectivity index (χ0n) is 15.3. The number of halogens is 3. The van der Waals surface area contributed by atoms with Gasteiger partial charge in [-0.25, -0.2) is 4.98 Å². The molecule has 29 heavy (non-hydrogen) atoms. The molecule has 0 aliphatic rings. The fraction of sp³-hybridized carbons (Fsp3) is 0.211. The van der Waals surface area contributed by atoms with Crippen LogP contribution in [0.3, 0.4) is 0 Å². The van der Waals surface area contributed by atoms with E-state index in [-0.39, 0.29) is 35.9 Å². The maximum absolute atomic E-state index is 12.7. The van der Waals surface area contributed by atoms with E-state index in [1.165, 1.54) is 18.2 Å². The van der Waals surface area contributed by atoms with Crippen LogP contribution in [0, 0.1) is 0 Å². The molecule has 0 aliphatic carbocycles. The van der Waals surface area contributed by atoms with Crippen LogP contribution in [0.15, 0.2) is 54.9 Å². The second-order valence-electron chi connectivity index (χ2n) is 6.09. The van der Waals surface area contributed by atoms with Crippen LogP contribution >= 0.6 is 0 Å². The normalized spacial score (nSPS) is 12.3. The van der Waals surface area contributed by atoms with Crippen LogP contribution in [0.5, 0.6) is 5.75 Å². The third-order valence-corrected chi connectivity index (χ3v) is 3.73. The van der Waals surface area contributed by atoms with Crippen molar-refractivity contribution in [3.05, 3.63) is 54.9 Å².